The largest absolute Gasteiger partial charge is 0.326 e. The zero-order chi connectivity index (χ0) is 20.8. The van der Waals surface area contributed by atoms with Crippen LogP contribution in [0.2, 0.25) is 0 Å². The van der Waals surface area contributed by atoms with Crippen LogP contribution in [-0.2, 0) is 19.2 Å². The maximum absolute atomic E-state index is 12.3. The number of rotatable bonds is 4. The van der Waals surface area contributed by atoms with Crippen LogP contribution in [0.4, 0.5) is 22.7 Å². The van der Waals surface area contributed by atoms with Gasteiger partial charge in [0, 0.05) is 42.6 Å². The van der Waals surface area contributed by atoms with Gasteiger partial charge in [-0.2, -0.15) is 0 Å². The molecule has 8 nitrogen and oxygen atoms in total. The highest BCUT2D eigenvalue weighted by Crippen LogP contribution is 2.24. The van der Waals surface area contributed by atoms with Gasteiger partial charge < -0.3 is 20.9 Å². The van der Waals surface area contributed by atoms with E-state index in [-0.39, 0.29) is 11.8 Å². The number of nitrogens with zero attached hydrogens (tertiary/aromatic N) is 1. The van der Waals surface area contributed by atoms with Crippen molar-refractivity contribution in [1.29, 1.82) is 0 Å². The van der Waals surface area contributed by atoms with Gasteiger partial charge in [0.1, 0.15) is 0 Å². The van der Waals surface area contributed by atoms with Crippen molar-refractivity contribution in [1.82, 2.24) is 0 Å². The third-order valence-electron chi connectivity index (χ3n) is 4.39. The molecule has 150 valence electrons. The summed E-state index contributed by atoms with van der Waals surface area (Å²) < 4.78 is 0. The molecule has 8 heteroatoms. The predicted molar refractivity (Wildman–Crippen MR) is 111 cm³/mol. The van der Waals surface area contributed by atoms with E-state index in [2.05, 4.69) is 16.0 Å². The van der Waals surface area contributed by atoms with E-state index in [0.29, 0.717) is 35.7 Å². The number of anilines is 4. The Kier molecular flexibility index (Phi) is 6.23. The molecule has 29 heavy (non-hydrogen) atoms. The topological polar surface area (TPSA) is 108 Å². The summed E-state index contributed by atoms with van der Waals surface area (Å²) in [4.78, 5) is 49.4. The molecule has 1 saturated heterocycles. The van der Waals surface area contributed by atoms with Crippen molar-refractivity contribution in [3.05, 3.63) is 48.5 Å². The van der Waals surface area contributed by atoms with Gasteiger partial charge in [-0.3, -0.25) is 19.2 Å². The van der Waals surface area contributed by atoms with E-state index < -0.39 is 11.8 Å². The van der Waals surface area contributed by atoms with Gasteiger partial charge in [-0.05, 0) is 49.2 Å². The molecule has 0 unspecified atom stereocenters. The molecule has 3 rings (SSSR count). The van der Waals surface area contributed by atoms with E-state index in [0.717, 1.165) is 12.8 Å². The van der Waals surface area contributed by atoms with Crippen molar-refractivity contribution in [3.8, 4) is 0 Å². The zero-order valence-electron chi connectivity index (χ0n) is 16.0. The number of nitrogens with one attached hydrogen (secondary N) is 3. The Balaban J connectivity index is 1.64. The van der Waals surface area contributed by atoms with Gasteiger partial charge >= 0.3 is 11.8 Å². The van der Waals surface area contributed by atoms with E-state index in [4.69, 9.17) is 0 Å². The lowest BCUT2D eigenvalue weighted by Gasteiger charge is -2.27. The highest BCUT2D eigenvalue weighted by Gasteiger charge is 2.20. The Morgan fingerprint density at radius 1 is 0.828 bits per heavy atom. The number of piperidine rings is 1. The molecule has 2 aromatic rings. The second-order valence-corrected chi connectivity index (χ2v) is 6.72. The first-order chi connectivity index (χ1) is 13.9. The average Bonchev–Trinajstić information content (AvgIpc) is 2.68. The summed E-state index contributed by atoms with van der Waals surface area (Å²) in [5.41, 5.74) is 2.00. The zero-order valence-corrected chi connectivity index (χ0v) is 16.0. The minimum atomic E-state index is -0.843. The number of hydrogen-bond acceptors (Lipinski definition) is 4. The fourth-order valence-electron chi connectivity index (χ4n) is 3.08. The molecule has 1 aliphatic heterocycles. The molecule has 0 bridgehead atoms. The van der Waals surface area contributed by atoms with E-state index >= 15 is 0 Å². The lowest BCUT2D eigenvalue weighted by Crippen LogP contribution is -2.35. The SMILES string of the molecule is CC(=O)Nc1cccc(NC(=O)C(=O)Nc2cccc(N3CCCCC3=O)c2)c1. The molecule has 1 fully saturated rings. The smallest absolute Gasteiger partial charge is 0.314 e. The van der Waals surface area contributed by atoms with Crippen molar-refractivity contribution < 1.29 is 19.2 Å². The van der Waals surface area contributed by atoms with Gasteiger partial charge in [0.05, 0.1) is 0 Å². The summed E-state index contributed by atoms with van der Waals surface area (Å²) in [6.07, 6.45) is 2.33. The molecular weight excluding hydrogens is 372 g/mol. The highest BCUT2D eigenvalue weighted by molar-refractivity contribution is 6.43. The summed E-state index contributed by atoms with van der Waals surface area (Å²) in [5.74, 6) is -1.86. The van der Waals surface area contributed by atoms with Crippen LogP contribution in [0.1, 0.15) is 26.2 Å². The van der Waals surface area contributed by atoms with Crippen molar-refractivity contribution in [3.63, 3.8) is 0 Å². The van der Waals surface area contributed by atoms with Crippen LogP contribution in [-0.4, -0.2) is 30.2 Å². The number of amides is 4. The first-order valence-electron chi connectivity index (χ1n) is 9.33. The van der Waals surface area contributed by atoms with Crippen LogP contribution in [0.25, 0.3) is 0 Å². The molecule has 1 aliphatic rings. The van der Waals surface area contributed by atoms with Crippen LogP contribution < -0.4 is 20.9 Å². The summed E-state index contributed by atoms with van der Waals surface area (Å²) in [7, 11) is 0. The van der Waals surface area contributed by atoms with Gasteiger partial charge in [0.25, 0.3) is 0 Å². The van der Waals surface area contributed by atoms with E-state index in [9.17, 15) is 19.2 Å². The quantitative estimate of drug-likeness (QED) is 0.693. The molecule has 2 aromatic carbocycles. The minimum absolute atomic E-state index is 0.0523. The Hall–Kier alpha value is -3.68. The molecule has 0 spiro atoms. The maximum atomic E-state index is 12.3. The summed E-state index contributed by atoms with van der Waals surface area (Å²) in [5, 5.41) is 7.64. The van der Waals surface area contributed by atoms with Gasteiger partial charge in [-0.25, -0.2) is 0 Å². The summed E-state index contributed by atoms with van der Waals surface area (Å²) in [6, 6.07) is 13.3. The minimum Gasteiger partial charge on any atom is -0.326 e. The third-order valence-corrected chi connectivity index (χ3v) is 4.39. The molecule has 0 saturated carbocycles. The molecular formula is C21H22N4O4. The second-order valence-electron chi connectivity index (χ2n) is 6.72. The standard InChI is InChI=1S/C21H22N4O4/c1-14(26)22-15-6-4-7-16(12-15)23-20(28)21(29)24-17-8-5-9-18(13-17)25-11-3-2-10-19(25)27/h4-9,12-13H,2-3,10-11H2,1H3,(H,22,26)(H,23,28)(H,24,29). The molecule has 0 atom stereocenters. The lowest BCUT2D eigenvalue weighted by molar-refractivity contribution is -0.132. The lowest BCUT2D eigenvalue weighted by atomic mass is 10.1. The number of benzene rings is 2. The van der Waals surface area contributed by atoms with Crippen LogP contribution >= 0.6 is 0 Å². The Bertz CT molecular complexity index is 957. The molecule has 1 heterocycles. The van der Waals surface area contributed by atoms with Crippen molar-refractivity contribution >= 4 is 46.4 Å². The first-order valence-corrected chi connectivity index (χ1v) is 9.33. The third kappa shape index (κ3) is 5.41. The van der Waals surface area contributed by atoms with Gasteiger partial charge in [-0.15, -0.1) is 0 Å². The molecule has 0 radical (unpaired) electrons. The van der Waals surface area contributed by atoms with E-state index in [1.165, 1.54) is 6.92 Å². The Morgan fingerprint density at radius 2 is 1.41 bits per heavy atom. The number of carbonyl (C=O) groups is 4. The fraction of sp³-hybridized carbons (Fsp3) is 0.238. The monoisotopic (exact) mass is 394 g/mol. The van der Waals surface area contributed by atoms with E-state index in [1.54, 1.807) is 53.4 Å². The molecule has 0 aromatic heterocycles. The van der Waals surface area contributed by atoms with Crippen molar-refractivity contribution in [2.75, 3.05) is 27.4 Å². The van der Waals surface area contributed by atoms with Crippen LogP contribution in [0, 0.1) is 0 Å². The van der Waals surface area contributed by atoms with Gasteiger partial charge in [0.2, 0.25) is 11.8 Å². The Labute approximate surface area is 168 Å². The Morgan fingerprint density at radius 3 is 2.03 bits per heavy atom. The average molecular weight is 394 g/mol. The number of hydrogen-bond donors (Lipinski definition) is 3. The van der Waals surface area contributed by atoms with Crippen LogP contribution in [0.15, 0.2) is 48.5 Å². The van der Waals surface area contributed by atoms with E-state index in [1.807, 2.05) is 0 Å². The predicted octanol–water partition coefficient (Wildman–Crippen LogP) is 2.74. The molecule has 3 N–H and O–H groups in total. The van der Waals surface area contributed by atoms with Crippen molar-refractivity contribution in [2.24, 2.45) is 0 Å². The molecule has 0 aliphatic carbocycles. The second kappa shape index (κ2) is 9.01. The highest BCUT2D eigenvalue weighted by atomic mass is 16.2. The number of carbonyl (C=O) groups excluding carboxylic acids is 4. The van der Waals surface area contributed by atoms with Crippen LogP contribution in [0.5, 0.6) is 0 Å². The van der Waals surface area contributed by atoms with Crippen molar-refractivity contribution in [2.45, 2.75) is 26.2 Å². The fourth-order valence-corrected chi connectivity index (χ4v) is 3.08. The first kappa shape index (κ1) is 20.1. The normalized spacial score (nSPS) is 13.6. The van der Waals surface area contributed by atoms with Gasteiger partial charge in [0.15, 0.2) is 0 Å². The van der Waals surface area contributed by atoms with Gasteiger partial charge in [-0.1, -0.05) is 12.1 Å². The summed E-state index contributed by atoms with van der Waals surface area (Å²) in [6.45, 7) is 2.02. The van der Waals surface area contributed by atoms with Crippen LogP contribution in [0.3, 0.4) is 0 Å². The summed E-state index contributed by atoms with van der Waals surface area (Å²) >= 11 is 0. The molecule has 4 amide bonds. The maximum Gasteiger partial charge on any atom is 0.314 e.